The summed E-state index contributed by atoms with van der Waals surface area (Å²) < 4.78 is 5.35. The van der Waals surface area contributed by atoms with Crippen LogP contribution < -0.4 is 0 Å². The van der Waals surface area contributed by atoms with Gasteiger partial charge in [-0.05, 0) is 37.0 Å². The Balaban J connectivity index is 3.78. The molecule has 0 aliphatic rings. The van der Waals surface area contributed by atoms with Gasteiger partial charge in [-0.2, -0.15) is 0 Å². The number of unbranched alkanes of at least 4 members (excludes halogenated alkanes) is 8. The van der Waals surface area contributed by atoms with Crippen molar-refractivity contribution >= 4 is 11.9 Å². The fourth-order valence-electron chi connectivity index (χ4n) is 3.88. The largest absolute Gasteiger partial charge is 0.481 e. The maximum absolute atomic E-state index is 12.0. The van der Waals surface area contributed by atoms with Crippen LogP contribution in [0.5, 0.6) is 0 Å². The average molecular weight is 427 g/mol. The van der Waals surface area contributed by atoms with Crippen molar-refractivity contribution in [3.63, 3.8) is 0 Å². The van der Waals surface area contributed by atoms with E-state index in [2.05, 4.69) is 27.7 Å². The van der Waals surface area contributed by atoms with Crippen molar-refractivity contribution in [2.45, 2.75) is 130 Å². The third kappa shape index (κ3) is 21.6. The van der Waals surface area contributed by atoms with E-state index in [1.807, 2.05) is 0 Å². The van der Waals surface area contributed by atoms with E-state index in [-0.39, 0.29) is 18.3 Å². The van der Waals surface area contributed by atoms with Crippen LogP contribution in [0.25, 0.3) is 0 Å². The third-order valence-electron chi connectivity index (χ3n) is 5.80. The Labute approximate surface area is 186 Å². The number of hydrogen-bond acceptors (Lipinski definition) is 3. The predicted molar refractivity (Wildman–Crippen MR) is 126 cm³/mol. The number of rotatable bonds is 21. The molecule has 0 rings (SSSR count). The second-order valence-electron chi connectivity index (χ2n) is 9.91. The molecular formula is C26H50O4. The van der Waals surface area contributed by atoms with Gasteiger partial charge in [-0.25, -0.2) is 0 Å². The third-order valence-corrected chi connectivity index (χ3v) is 5.80. The molecule has 4 nitrogen and oxygen atoms in total. The highest BCUT2D eigenvalue weighted by Gasteiger charge is 2.15. The fraction of sp³-hybridized carbons (Fsp3) is 0.923. The number of ether oxygens (including phenoxy) is 1. The summed E-state index contributed by atoms with van der Waals surface area (Å²) in [5.41, 5.74) is 0. The summed E-state index contributed by atoms with van der Waals surface area (Å²) in [7, 11) is 0. The lowest BCUT2D eigenvalue weighted by atomic mass is 9.92. The molecule has 0 aliphatic heterocycles. The molecule has 0 radical (unpaired) electrons. The summed E-state index contributed by atoms with van der Waals surface area (Å²) in [6, 6.07) is 0. The van der Waals surface area contributed by atoms with E-state index in [1.165, 1.54) is 51.4 Å². The lowest BCUT2D eigenvalue weighted by molar-refractivity contribution is -0.145. The van der Waals surface area contributed by atoms with Crippen LogP contribution in [-0.4, -0.2) is 23.7 Å². The smallest absolute Gasteiger partial charge is 0.305 e. The summed E-state index contributed by atoms with van der Waals surface area (Å²) in [5, 5.41) is 9.15. The maximum Gasteiger partial charge on any atom is 0.305 e. The van der Waals surface area contributed by atoms with Crippen LogP contribution in [0.4, 0.5) is 0 Å². The minimum atomic E-state index is -0.761. The monoisotopic (exact) mass is 426 g/mol. The molecule has 1 atom stereocenters. The van der Waals surface area contributed by atoms with E-state index in [9.17, 15) is 9.59 Å². The molecule has 0 aliphatic carbocycles. The maximum atomic E-state index is 12.0. The van der Waals surface area contributed by atoms with Crippen molar-refractivity contribution in [2.24, 2.45) is 17.8 Å². The number of carbonyl (C=O) groups excluding carboxylic acids is 1. The fourth-order valence-corrected chi connectivity index (χ4v) is 3.88. The molecule has 0 bridgehead atoms. The highest BCUT2D eigenvalue weighted by atomic mass is 16.5. The first kappa shape index (κ1) is 28.9. The second-order valence-corrected chi connectivity index (χ2v) is 9.91. The zero-order chi connectivity index (χ0) is 22.6. The van der Waals surface area contributed by atoms with Crippen molar-refractivity contribution in [1.29, 1.82) is 0 Å². The Morgan fingerprint density at radius 2 is 1.13 bits per heavy atom. The van der Waals surface area contributed by atoms with Gasteiger partial charge in [0.05, 0.1) is 6.61 Å². The molecule has 0 saturated heterocycles. The Kier molecular flexibility index (Phi) is 19.2. The van der Waals surface area contributed by atoms with Crippen molar-refractivity contribution in [2.75, 3.05) is 6.61 Å². The number of hydrogen-bond donors (Lipinski definition) is 1. The van der Waals surface area contributed by atoms with E-state index in [0.29, 0.717) is 19.4 Å². The first-order chi connectivity index (χ1) is 14.3. The summed E-state index contributed by atoms with van der Waals surface area (Å²) in [6.45, 7) is 9.54. The van der Waals surface area contributed by atoms with Gasteiger partial charge in [0.25, 0.3) is 0 Å². The lowest BCUT2D eigenvalue weighted by Gasteiger charge is -2.14. The standard InChI is InChI=1S/C26H50O4/c1-22(2)15-11-7-5-9-13-17-24(21-25(27)28)18-19-26(29)30-20-14-10-6-8-12-16-23(3)4/h22-24H,5-21H2,1-4H3,(H,27,28). The number of aliphatic carboxylic acids is 1. The van der Waals surface area contributed by atoms with Crippen LogP contribution >= 0.6 is 0 Å². The van der Waals surface area contributed by atoms with E-state index in [4.69, 9.17) is 9.84 Å². The molecular weight excluding hydrogens is 376 g/mol. The minimum Gasteiger partial charge on any atom is -0.481 e. The van der Waals surface area contributed by atoms with Crippen LogP contribution in [0.2, 0.25) is 0 Å². The SMILES string of the molecule is CC(C)CCCCCCCOC(=O)CCC(CCCCCCCC(C)C)CC(=O)O. The molecule has 4 heteroatoms. The molecule has 0 aromatic rings. The van der Waals surface area contributed by atoms with Crippen molar-refractivity contribution in [3.8, 4) is 0 Å². The molecule has 1 N–H and O–H groups in total. The van der Waals surface area contributed by atoms with Crippen molar-refractivity contribution in [1.82, 2.24) is 0 Å². The van der Waals surface area contributed by atoms with Crippen LogP contribution in [0.1, 0.15) is 130 Å². The van der Waals surface area contributed by atoms with Gasteiger partial charge >= 0.3 is 11.9 Å². The van der Waals surface area contributed by atoms with Crippen molar-refractivity contribution < 1.29 is 19.4 Å². The number of carboxylic acids is 1. The molecule has 0 fully saturated rings. The van der Waals surface area contributed by atoms with Crippen LogP contribution in [0.15, 0.2) is 0 Å². The van der Waals surface area contributed by atoms with Crippen LogP contribution in [-0.2, 0) is 14.3 Å². The highest BCUT2D eigenvalue weighted by molar-refractivity contribution is 5.70. The lowest BCUT2D eigenvalue weighted by Crippen LogP contribution is -2.12. The summed E-state index contributed by atoms with van der Waals surface area (Å²) in [6.07, 6.45) is 16.5. The molecule has 0 spiro atoms. The second kappa shape index (κ2) is 19.9. The van der Waals surface area contributed by atoms with Crippen LogP contribution in [0.3, 0.4) is 0 Å². The molecule has 0 aromatic heterocycles. The zero-order valence-corrected chi connectivity index (χ0v) is 20.4. The Morgan fingerprint density at radius 3 is 1.63 bits per heavy atom. The summed E-state index contributed by atoms with van der Waals surface area (Å²) in [5.74, 6) is 0.721. The van der Waals surface area contributed by atoms with Gasteiger partial charge in [-0.15, -0.1) is 0 Å². The average Bonchev–Trinajstić information content (AvgIpc) is 2.66. The van der Waals surface area contributed by atoms with E-state index >= 15 is 0 Å². The number of carbonyl (C=O) groups is 2. The highest BCUT2D eigenvalue weighted by Crippen LogP contribution is 2.21. The van der Waals surface area contributed by atoms with Gasteiger partial charge in [0.15, 0.2) is 0 Å². The first-order valence-corrected chi connectivity index (χ1v) is 12.7. The van der Waals surface area contributed by atoms with Crippen LogP contribution in [0, 0.1) is 17.8 Å². The summed E-state index contributed by atoms with van der Waals surface area (Å²) >= 11 is 0. The molecule has 30 heavy (non-hydrogen) atoms. The number of carboxylic acid groups (broad SMARTS) is 1. The molecule has 0 heterocycles. The molecule has 0 amide bonds. The van der Waals surface area contributed by atoms with Gasteiger partial charge in [0.1, 0.15) is 0 Å². The number of esters is 1. The van der Waals surface area contributed by atoms with E-state index in [1.54, 1.807) is 0 Å². The summed E-state index contributed by atoms with van der Waals surface area (Å²) in [4.78, 5) is 23.1. The topological polar surface area (TPSA) is 63.6 Å². The molecule has 178 valence electrons. The Bertz CT molecular complexity index is 417. The van der Waals surface area contributed by atoms with Crippen molar-refractivity contribution in [3.05, 3.63) is 0 Å². The quantitative estimate of drug-likeness (QED) is 0.150. The molecule has 1 unspecified atom stereocenters. The van der Waals surface area contributed by atoms with E-state index < -0.39 is 5.97 Å². The molecule has 0 aromatic carbocycles. The molecule has 0 saturated carbocycles. The normalized spacial score (nSPS) is 12.5. The minimum absolute atomic E-state index is 0.0895. The first-order valence-electron chi connectivity index (χ1n) is 12.7. The Hall–Kier alpha value is -1.06. The van der Waals surface area contributed by atoms with Gasteiger partial charge < -0.3 is 9.84 Å². The predicted octanol–water partition coefficient (Wildman–Crippen LogP) is 7.78. The zero-order valence-electron chi connectivity index (χ0n) is 20.4. The van der Waals surface area contributed by atoms with Gasteiger partial charge in [-0.1, -0.05) is 98.3 Å². The van der Waals surface area contributed by atoms with Gasteiger partial charge in [0, 0.05) is 12.8 Å². The van der Waals surface area contributed by atoms with E-state index in [0.717, 1.165) is 43.9 Å². The van der Waals surface area contributed by atoms with Gasteiger partial charge in [-0.3, -0.25) is 9.59 Å². The Morgan fingerprint density at radius 1 is 0.667 bits per heavy atom. The van der Waals surface area contributed by atoms with Gasteiger partial charge in [0.2, 0.25) is 0 Å².